The lowest BCUT2D eigenvalue weighted by molar-refractivity contribution is 0.250. The van der Waals surface area contributed by atoms with E-state index in [1.54, 1.807) is 12.1 Å². The molecule has 0 radical (unpaired) electrons. The smallest absolute Gasteiger partial charge is 0.297 e. The number of aryl methyl sites for hydroxylation is 1. The van der Waals surface area contributed by atoms with E-state index in [1.165, 1.54) is 12.1 Å². The van der Waals surface area contributed by atoms with Gasteiger partial charge < -0.3 is 5.32 Å². The average molecular weight is 287 g/mol. The molecule has 5 nitrogen and oxygen atoms in total. The van der Waals surface area contributed by atoms with E-state index in [0.29, 0.717) is 5.75 Å². The summed E-state index contributed by atoms with van der Waals surface area (Å²) >= 11 is 1.13. The summed E-state index contributed by atoms with van der Waals surface area (Å²) in [5.41, 5.74) is 0.980. The predicted molar refractivity (Wildman–Crippen MR) is 69.1 cm³/mol. The van der Waals surface area contributed by atoms with Crippen molar-refractivity contribution in [2.45, 2.75) is 17.9 Å². The number of nitrogens with one attached hydrogen (secondary N) is 1. The molecular weight excluding hydrogens is 274 g/mol. The SMILES string of the molecule is Cc1ccc(S(=O)(=O)OC[C@@H]2CSC(=O)N2)cc1. The van der Waals surface area contributed by atoms with Crippen LogP contribution in [0.15, 0.2) is 29.2 Å². The molecule has 1 aliphatic rings. The van der Waals surface area contributed by atoms with Crippen LogP contribution in [0.3, 0.4) is 0 Å². The average Bonchev–Trinajstić information content (AvgIpc) is 2.73. The maximum atomic E-state index is 11.8. The van der Waals surface area contributed by atoms with Crippen LogP contribution >= 0.6 is 11.8 Å². The quantitative estimate of drug-likeness (QED) is 0.850. The summed E-state index contributed by atoms with van der Waals surface area (Å²) in [6, 6.07) is 6.19. The molecule has 1 aromatic rings. The minimum absolute atomic E-state index is 0.0328. The second kappa shape index (κ2) is 5.29. The Kier molecular flexibility index (Phi) is 3.94. The van der Waals surface area contributed by atoms with Gasteiger partial charge in [-0.05, 0) is 19.1 Å². The van der Waals surface area contributed by atoms with E-state index < -0.39 is 10.1 Å². The van der Waals surface area contributed by atoms with Crippen molar-refractivity contribution >= 4 is 27.1 Å². The summed E-state index contributed by atoms with van der Waals surface area (Å²) in [5.74, 6) is 0.530. The van der Waals surface area contributed by atoms with Crippen LogP contribution in [0.4, 0.5) is 4.79 Å². The maximum Gasteiger partial charge on any atom is 0.297 e. The molecule has 0 saturated carbocycles. The highest BCUT2D eigenvalue weighted by Gasteiger charge is 2.24. The van der Waals surface area contributed by atoms with Crippen LogP contribution < -0.4 is 5.32 Å². The molecule has 98 valence electrons. The molecule has 1 fully saturated rings. The maximum absolute atomic E-state index is 11.8. The van der Waals surface area contributed by atoms with Gasteiger partial charge >= 0.3 is 0 Å². The third kappa shape index (κ3) is 3.24. The van der Waals surface area contributed by atoms with E-state index >= 15 is 0 Å². The normalized spacial score (nSPS) is 19.8. The minimum atomic E-state index is -3.74. The topological polar surface area (TPSA) is 72.5 Å². The Morgan fingerprint density at radius 3 is 2.61 bits per heavy atom. The van der Waals surface area contributed by atoms with Crippen LogP contribution in [-0.4, -0.2) is 32.1 Å². The first-order chi connectivity index (χ1) is 8.47. The Bertz CT molecular complexity index is 539. The summed E-state index contributed by atoms with van der Waals surface area (Å²) in [6.07, 6.45) is 0. The highest BCUT2D eigenvalue weighted by molar-refractivity contribution is 8.14. The summed E-state index contributed by atoms with van der Waals surface area (Å²) in [4.78, 5) is 11.1. The molecule has 18 heavy (non-hydrogen) atoms. The van der Waals surface area contributed by atoms with Crippen molar-refractivity contribution in [3.05, 3.63) is 29.8 Å². The molecule has 7 heteroatoms. The lowest BCUT2D eigenvalue weighted by atomic mass is 10.2. The molecule has 1 aromatic carbocycles. The second-order valence-corrected chi connectivity index (χ2v) is 6.60. The molecule has 1 amide bonds. The van der Waals surface area contributed by atoms with Crippen LogP contribution in [-0.2, 0) is 14.3 Å². The highest BCUT2D eigenvalue weighted by Crippen LogP contribution is 2.17. The number of rotatable bonds is 4. The Balaban J connectivity index is 1.99. The van der Waals surface area contributed by atoms with Crippen molar-refractivity contribution in [1.82, 2.24) is 5.32 Å². The Hall–Kier alpha value is -1.05. The molecule has 0 aromatic heterocycles. The summed E-state index contributed by atoms with van der Waals surface area (Å²) in [5, 5.41) is 2.48. The zero-order valence-electron chi connectivity index (χ0n) is 9.75. The zero-order chi connectivity index (χ0) is 13.2. The van der Waals surface area contributed by atoms with E-state index in [2.05, 4.69) is 5.32 Å². The van der Waals surface area contributed by atoms with E-state index in [-0.39, 0.29) is 22.8 Å². The van der Waals surface area contributed by atoms with Gasteiger partial charge in [0, 0.05) is 5.75 Å². The zero-order valence-corrected chi connectivity index (χ0v) is 11.4. The Labute approximate surface area is 110 Å². The first-order valence-corrected chi connectivity index (χ1v) is 7.76. The van der Waals surface area contributed by atoms with Crippen LogP contribution in [0.1, 0.15) is 5.56 Å². The van der Waals surface area contributed by atoms with Crippen molar-refractivity contribution in [1.29, 1.82) is 0 Å². The molecule has 1 N–H and O–H groups in total. The van der Waals surface area contributed by atoms with Gasteiger partial charge in [0.05, 0.1) is 17.5 Å². The summed E-state index contributed by atoms with van der Waals surface area (Å²) in [6.45, 7) is 1.84. The molecule has 0 unspecified atom stereocenters. The number of hydrogen-bond donors (Lipinski definition) is 1. The van der Waals surface area contributed by atoms with E-state index in [9.17, 15) is 13.2 Å². The number of amides is 1. The molecular formula is C11H13NO4S2. The fourth-order valence-electron chi connectivity index (χ4n) is 1.46. The number of carbonyl (C=O) groups is 1. The minimum Gasteiger partial charge on any atom is -0.341 e. The number of hydrogen-bond acceptors (Lipinski definition) is 5. The molecule has 1 heterocycles. The van der Waals surface area contributed by atoms with Gasteiger partial charge in [0.1, 0.15) is 0 Å². The number of carbonyl (C=O) groups excluding carboxylic acids is 1. The van der Waals surface area contributed by atoms with Gasteiger partial charge in [0.2, 0.25) is 0 Å². The van der Waals surface area contributed by atoms with Gasteiger partial charge in [-0.3, -0.25) is 8.98 Å². The van der Waals surface area contributed by atoms with Gasteiger partial charge in [-0.15, -0.1) is 0 Å². The standard InChI is InChI=1S/C11H13NO4S2/c1-8-2-4-10(5-3-8)18(14,15)16-6-9-7-17-11(13)12-9/h2-5,9H,6-7H2,1H3,(H,12,13)/t9-/m1/s1. The molecule has 0 aliphatic carbocycles. The summed E-state index contributed by atoms with van der Waals surface area (Å²) in [7, 11) is -3.74. The largest absolute Gasteiger partial charge is 0.341 e. The lowest BCUT2D eigenvalue weighted by Gasteiger charge is -2.10. The molecule has 0 bridgehead atoms. The molecule has 1 saturated heterocycles. The second-order valence-electron chi connectivity index (χ2n) is 3.99. The highest BCUT2D eigenvalue weighted by atomic mass is 32.2. The Morgan fingerprint density at radius 1 is 1.39 bits per heavy atom. The third-order valence-electron chi connectivity index (χ3n) is 2.47. The number of benzene rings is 1. The van der Waals surface area contributed by atoms with Crippen molar-refractivity contribution < 1.29 is 17.4 Å². The Morgan fingerprint density at radius 2 is 2.06 bits per heavy atom. The van der Waals surface area contributed by atoms with Gasteiger partial charge in [-0.25, -0.2) is 0 Å². The van der Waals surface area contributed by atoms with E-state index in [0.717, 1.165) is 17.3 Å². The van der Waals surface area contributed by atoms with Gasteiger partial charge in [0.15, 0.2) is 0 Å². The molecule has 0 spiro atoms. The van der Waals surface area contributed by atoms with Gasteiger partial charge in [-0.1, -0.05) is 29.5 Å². The summed E-state index contributed by atoms with van der Waals surface area (Å²) < 4.78 is 28.6. The van der Waals surface area contributed by atoms with Crippen molar-refractivity contribution in [2.75, 3.05) is 12.4 Å². The van der Waals surface area contributed by atoms with E-state index in [1.807, 2.05) is 6.92 Å². The van der Waals surface area contributed by atoms with Crippen molar-refractivity contribution in [3.63, 3.8) is 0 Å². The van der Waals surface area contributed by atoms with E-state index in [4.69, 9.17) is 4.18 Å². The van der Waals surface area contributed by atoms with Gasteiger partial charge in [-0.2, -0.15) is 8.42 Å². The number of thioether (sulfide) groups is 1. The van der Waals surface area contributed by atoms with Crippen LogP contribution in [0.2, 0.25) is 0 Å². The molecule has 1 atom stereocenters. The molecule has 2 rings (SSSR count). The lowest BCUT2D eigenvalue weighted by Crippen LogP contribution is -2.31. The molecule has 1 aliphatic heterocycles. The fraction of sp³-hybridized carbons (Fsp3) is 0.364. The van der Waals surface area contributed by atoms with Gasteiger partial charge in [0.25, 0.3) is 15.4 Å². The van der Waals surface area contributed by atoms with Crippen molar-refractivity contribution in [3.8, 4) is 0 Å². The first-order valence-electron chi connectivity index (χ1n) is 5.37. The van der Waals surface area contributed by atoms with Crippen LogP contribution in [0.25, 0.3) is 0 Å². The van der Waals surface area contributed by atoms with Crippen LogP contribution in [0.5, 0.6) is 0 Å². The fourth-order valence-corrected chi connectivity index (χ4v) is 3.19. The predicted octanol–water partition coefficient (Wildman–Crippen LogP) is 1.53. The van der Waals surface area contributed by atoms with Crippen LogP contribution in [0, 0.1) is 6.92 Å². The third-order valence-corrected chi connectivity index (χ3v) is 4.72. The monoisotopic (exact) mass is 287 g/mol. The first kappa shape index (κ1) is 13.4. The van der Waals surface area contributed by atoms with Crippen molar-refractivity contribution in [2.24, 2.45) is 0 Å².